The van der Waals surface area contributed by atoms with Crippen LogP contribution >= 0.6 is 0 Å². The van der Waals surface area contributed by atoms with E-state index in [-0.39, 0.29) is 35.1 Å². The van der Waals surface area contributed by atoms with Crippen molar-refractivity contribution >= 4 is 49.6 Å². The molecular formula is C49H55F3N8O8S. The first-order chi connectivity index (χ1) is 32.9. The lowest BCUT2D eigenvalue weighted by Gasteiger charge is -2.42. The number of carbonyl (C=O) groups excluding carboxylic acids is 1. The standard InChI is InChI=1S/C49H55F3N8O8S/c1-31-20-34(49(50,51)52)4-7-40(31)42-24-48(2,3)12-10-33(42)27-57-14-16-58(17-15-57)35-5-8-41(45(22-35)68-37-21-32-11-13-53-46(32)55-25-37)47(61)56-69(64,65)39-6-9-43(44(23-39)60(62)63)54-26-38-28-59(18-19-67-38)36-29-66-30-36/h4-9,11,13,20-23,25,36,38,54H,10,12,14-19,24,26-30H2,1-3H3,(H,53,55)(H,56,61). The number of nitrogens with one attached hydrogen (secondary N) is 3. The fourth-order valence-electron chi connectivity index (χ4n) is 9.56. The Labute approximate surface area is 398 Å². The number of amides is 1. The van der Waals surface area contributed by atoms with Gasteiger partial charge in [0.25, 0.3) is 21.6 Å². The first-order valence-electron chi connectivity index (χ1n) is 23.0. The predicted molar refractivity (Wildman–Crippen MR) is 254 cm³/mol. The van der Waals surface area contributed by atoms with Crippen LogP contribution in [0.5, 0.6) is 11.5 Å². The van der Waals surface area contributed by atoms with Crippen LogP contribution in [0.2, 0.25) is 0 Å². The first-order valence-corrected chi connectivity index (χ1v) is 24.5. The second kappa shape index (κ2) is 19.4. The summed E-state index contributed by atoms with van der Waals surface area (Å²) in [4.78, 5) is 39.3. The summed E-state index contributed by atoms with van der Waals surface area (Å²) in [6, 6.07) is 16.2. The van der Waals surface area contributed by atoms with Gasteiger partial charge in [0.15, 0.2) is 0 Å². The number of sulfonamides is 1. The van der Waals surface area contributed by atoms with Crippen molar-refractivity contribution in [3.8, 4) is 11.5 Å². The molecule has 0 spiro atoms. The summed E-state index contributed by atoms with van der Waals surface area (Å²) >= 11 is 0. The molecule has 20 heteroatoms. The molecule has 0 saturated carbocycles. The summed E-state index contributed by atoms with van der Waals surface area (Å²) in [6.45, 7) is 12.8. The molecule has 5 aromatic rings. The molecule has 16 nitrogen and oxygen atoms in total. The van der Waals surface area contributed by atoms with Crippen LogP contribution in [0.25, 0.3) is 16.6 Å². The van der Waals surface area contributed by atoms with Crippen molar-refractivity contribution in [1.82, 2.24) is 24.5 Å². The number of alkyl halides is 3. The number of carbonyl (C=O) groups is 1. The normalized spacial score (nSPS) is 19.6. The fourth-order valence-corrected chi connectivity index (χ4v) is 10.5. The maximum atomic E-state index is 14.0. The van der Waals surface area contributed by atoms with E-state index in [1.54, 1.807) is 37.4 Å². The van der Waals surface area contributed by atoms with Crippen molar-refractivity contribution in [2.45, 2.75) is 63.3 Å². The molecule has 4 aliphatic rings. The Morgan fingerprint density at radius 2 is 1.83 bits per heavy atom. The van der Waals surface area contributed by atoms with E-state index in [1.807, 2.05) is 6.07 Å². The molecule has 0 radical (unpaired) electrons. The smallest absolute Gasteiger partial charge is 0.416 e. The van der Waals surface area contributed by atoms with Gasteiger partial charge in [-0.05, 0) is 96.8 Å². The molecule has 1 aliphatic carbocycles. The number of halogens is 3. The van der Waals surface area contributed by atoms with Crippen molar-refractivity contribution in [3.63, 3.8) is 0 Å². The third-order valence-electron chi connectivity index (χ3n) is 13.6. The summed E-state index contributed by atoms with van der Waals surface area (Å²) in [5.74, 6) is -0.656. The van der Waals surface area contributed by atoms with E-state index < -0.39 is 43.2 Å². The molecule has 1 amide bonds. The fraction of sp³-hybridized carbons (Fsp3) is 0.429. The molecule has 2 aromatic heterocycles. The predicted octanol–water partition coefficient (Wildman–Crippen LogP) is 8.01. The molecule has 3 N–H and O–H groups in total. The number of nitro groups is 1. The van der Waals surface area contributed by atoms with Crippen LogP contribution in [-0.4, -0.2) is 123 Å². The van der Waals surface area contributed by atoms with Gasteiger partial charge in [-0.1, -0.05) is 25.5 Å². The molecule has 1 unspecified atom stereocenters. The Balaban J connectivity index is 0.912. The third-order valence-corrected chi connectivity index (χ3v) is 14.9. The number of pyridine rings is 1. The summed E-state index contributed by atoms with van der Waals surface area (Å²) in [5, 5.41) is 16.0. The molecule has 69 heavy (non-hydrogen) atoms. The van der Waals surface area contributed by atoms with Gasteiger partial charge < -0.3 is 29.4 Å². The van der Waals surface area contributed by atoms with Crippen LogP contribution in [0, 0.1) is 22.5 Å². The minimum atomic E-state index is -4.64. The largest absolute Gasteiger partial charge is 0.455 e. The number of nitro benzene ring substituents is 1. The summed E-state index contributed by atoms with van der Waals surface area (Å²) < 4.78 is 87.9. The minimum absolute atomic E-state index is 0.00663. The monoisotopic (exact) mass is 972 g/mol. The maximum Gasteiger partial charge on any atom is 0.416 e. The van der Waals surface area contributed by atoms with E-state index >= 15 is 0 Å². The number of rotatable bonds is 14. The van der Waals surface area contributed by atoms with Gasteiger partial charge >= 0.3 is 6.18 Å². The van der Waals surface area contributed by atoms with Crippen LogP contribution in [0.4, 0.5) is 30.2 Å². The van der Waals surface area contributed by atoms with Crippen LogP contribution < -0.4 is 19.7 Å². The molecule has 1 atom stereocenters. The number of ether oxygens (including phenoxy) is 3. The van der Waals surface area contributed by atoms with Crippen LogP contribution in [-0.2, 0) is 25.7 Å². The van der Waals surface area contributed by atoms with Gasteiger partial charge in [0, 0.05) is 81.8 Å². The van der Waals surface area contributed by atoms with Gasteiger partial charge in [-0.3, -0.25) is 24.7 Å². The highest BCUT2D eigenvalue weighted by molar-refractivity contribution is 7.90. The van der Waals surface area contributed by atoms with Crippen molar-refractivity contribution in [1.29, 1.82) is 0 Å². The molecule has 3 aromatic carbocycles. The lowest BCUT2D eigenvalue weighted by atomic mass is 9.72. The van der Waals surface area contributed by atoms with E-state index in [2.05, 4.69) is 48.6 Å². The lowest BCUT2D eigenvalue weighted by molar-refractivity contribution is -0.384. The molecule has 9 rings (SSSR count). The topological polar surface area (TPSA) is 184 Å². The van der Waals surface area contributed by atoms with Crippen molar-refractivity contribution in [2.75, 3.05) is 82.4 Å². The number of benzene rings is 3. The number of piperazine rings is 1. The van der Waals surface area contributed by atoms with Crippen molar-refractivity contribution in [3.05, 3.63) is 117 Å². The number of allylic oxidation sites excluding steroid dienone is 1. The lowest BCUT2D eigenvalue weighted by Crippen LogP contribution is -2.56. The number of nitrogens with zero attached hydrogens (tertiary/aromatic N) is 5. The van der Waals surface area contributed by atoms with Gasteiger partial charge in [0.1, 0.15) is 22.8 Å². The Hall–Kier alpha value is -6.06. The minimum Gasteiger partial charge on any atom is -0.455 e. The third kappa shape index (κ3) is 10.9. The van der Waals surface area contributed by atoms with Crippen LogP contribution in [0.1, 0.15) is 60.2 Å². The van der Waals surface area contributed by atoms with E-state index in [0.717, 1.165) is 54.1 Å². The summed E-state index contributed by atoms with van der Waals surface area (Å²) in [7, 11) is -4.64. The Morgan fingerprint density at radius 1 is 1.03 bits per heavy atom. The van der Waals surface area contributed by atoms with Crippen molar-refractivity contribution in [2.24, 2.45) is 5.41 Å². The summed E-state index contributed by atoms with van der Waals surface area (Å²) in [5.41, 5.74) is 4.03. The second-order valence-electron chi connectivity index (χ2n) is 19.0. The maximum absolute atomic E-state index is 14.0. The van der Waals surface area contributed by atoms with Crippen molar-refractivity contribution < 1.29 is 45.5 Å². The molecule has 3 saturated heterocycles. The number of hydrogen-bond donors (Lipinski definition) is 3. The number of H-pyrrole nitrogens is 1. The Kier molecular flexibility index (Phi) is 13.5. The molecule has 5 heterocycles. The van der Waals surface area contributed by atoms with Gasteiger partial charge in [0.05, 0.1) is 59.1 Å². The van der Waals surface area contributed by atoms with Gasteiger partial charge in [-0.25, -0.2) is 18.1 Å². The zero-order valence-corrected chi connectivity index (χ0v) is 39.4. The Morgan fingerprint density at radius 3 is 2.55 bits per heavy atom. The number of aromatic nitrogens is 2. The van der Waals surface area contributed by atoms with Crippen LogP contribution in [0.15, 0.2) is 89.6 Å². The average molecular weight is 973 g/mol. The second-order valence-corrected chi connectivity index (χ2v) is 20.7. The van der Waals surface area contributed by atoms with Gasteiger partial charge in [-0.15, -0.1) is 0 Å². The molecule has 3 fully saturated rings. The number of hydrogen-bond acceptors (Lipinski definition) is 13. The quantitative estimate of drug-likeness (QED) is 0.0719. The number of aryl methyl sites for hydroxylation is 1. The van der Waals surface area contributed by atoms with Gasteiger partial charge in [0.2, 0.25) is 0 Å². The molecule has 0 bridgehead atoms. The number of anilines is 2. The first kappa shape index (κ1) is 48.0. The highest BCUT2D eigenvalue weighted by atomic mass is 32.2. The van der Waals surface area contributed by atoms with Crippen LogP contribution in [0.3, 0.4) is 0 Å². The van der Waals surface area contributed by atoms with Gasteiger partial charge in [-0.2, -0.15) is 13.2 Å². The SMILES string of the molecule is Cc1cc(C(F)(F)F)ccc1C1=C(CN2CCN(c3ccc(C(=O)NS(=O)(=O)c4ccc(NCC5CN(C6COC6)CCO5)c([N+](=O)[O-])c4)c(Oc4cnc5[nH]ccc5c4)c3)CC2)CCC(C)(C)C1. The molecule has 3 aliphatic heterocycles. The van der Waals surface area contributed by atoms with E-state index in [9.17, 15) is 36.5 Å². The number of fused-ring (bicyclic) bond motifs is 1. The number of aromatic amines is 1. The highest BCUT2D eigenvalue weighted by Gasteiger charge is 2.35. The highest BCUT2D eigenvalue weighted by Crippen LogP contribution is 2.45. The molecular weight excluding hydrogens is 918 g/mol. The zero-order valence-electron chi connectivity index (χ0n) is 38.6. The van der Waals surface area contributed by atoms with E-state index in [0.29, 0.717) is 82.1 Å². The zero-order chi connectivity index (χ0) is 48.7. The number of morpholine rings is 1. The Bertz CT molecular complexity index is 2900. The van der Waals surface area contributed by atoms with E-state index in [4.69, 9.17) is 14.2 Å². The molecule has 366 valence electrons. The van der Waals surface area contributed by atoms with E-state index in [1.165, 1.54) is 42.1 Å². The summed E-state index contributed by atoms with van der Waals surface area (Å²) in [6.07, 6.45) is 1.12. The average Bonchev–Trinajstić information content (AvgIpc) is 3.76.